The van der Waals surface area contributed by atoms with E-state index in [0.29, 0.717) is 6.54 Å². The van der Waals surface area contributed by atoms with E-state index in [1.807, 2.05) is 11.4 Å². The smallest absolute Gasteiger partial charge is 0.255 e. The van der Waals surface area contributed by atoms with Crippen LogP contribution < -0.4 is 5.32 Å². The molecule has 6 heteroatoms. The Balaban J connectivity index is 2.06. The van der Waals surface area contributed by atoms with Crippen LogP contribution >= 0.6 is 27.3 Å². The Morgan fingerprint density at radius 2 is 2.11 bits per heavy atom. The highest BCUT2D eigenvalue weighted by molar-refractivity contribution is 9.10. The van der Waals surface area contributed by atoms with Gasteiger partial charge in [-0.2, -0.15) is 0 Å². The minimum absolute atomic E-state index is 0.0787. The summed E-state index contributed by atoms with van der Waals surface area (Å²) in [6, 6.07) is 5.78. The van der Waals surface area contributed by atoms with Gasteiger partial charge in [-0.25, -0.2) is 0 Å². The summed E-state index contributed by atoms with van der Waals surface area (Å²) < 4.78 is 0.947. The van der Waals surface area contributed by atoms with Gasteiger partial charge >= 0.3 is 0 Å². The van der Waals surface area contributed by atoms with Crippen LogP contribution in [-0.2, 0) is 6.54 Å². The zero-order chi connectivity index (χ0) is 13.1. The average molecular weight is 328 g/mol. The molecule has 2 rings (SSSR count). The SMILES string of the molecule is O=C(NCc1sccc1Br)c1ccc(O)cc1O. The summed E-state index contributed by atoms with van der Waals surface area (Å²) in [5, 5.41) is 23.3. The van der Waals surface area contributed by atoms with E-state index < -0.39 is 0 Å². The summed E-state index contributed by atoms with van der Waals surface area (Å²) in [6.07, 6.45) is 0. The molecule has 0 aliphatic carbocycles. The van der Waals surface area contributed by atoms with Gasteiger partial charge in [0.1, 0.15) is 11.5 Å². The highest BCUT2D eigenvalue weighted by Gasteiger charge is 2.12. The van der Waals surface area contributed by atoms with Gasteiger partial charge in [-0.1, -0.05) is 0 Å². The van der Waals surface area contributed by atoms with Crippen molar-refractivity contribution in [2.45, 2.75) is 6.54 Å². The average Bonchev–Trinajstić information content (AvgIpc) is 2.72. The molecule has 4 nitrogen and oxygen atoms in total. The second kappa shape index (κ2) is 5.41. The van der Waals surface area contributed by atoms with Crippen molar-refractivity contribution in [3.05, 3.63) is 44.6 Å². The molecule has 1 amide bonds. The number of nitrogens with one attached hydrogen (secondary N) is 1. The van der Waals surface area contributed by atoms with Crippen LogP contribution in [0.1, 0.15) is 15.2 Å². The third kappa shape index (κ3) is 2.83. The zero-order valence-electron chi connectivity index (χ0n) is 9.18. The van der Waals surface area contributed by atoms with Gasteiger partial charge in [-0.15, -0.1) is 11.3 Å². The van der Waals surface area contributed by atoms with Gasteiger partial charge in [0.2, 0.25) is 0 Å². The number of carbonyl (C=O) groups is 1. The number of hydrogen-bond acceptors (Lipinski definition) is 4. The van der Waals surface area contributed by atoms with Gasteiger partial charge in [-0.3, -0.25) is 4.79 Å². The molecule has 0 bridgehead atoms. The number of rotatable bonds is 3. The number of thiophene rings is 1. The third-order valence-electron chi connectivity index (χ3n) is 2.33. The Morgan fingerprint density at radius 1 is 1.33 bits per heavy atom. The van der Waals surface area contributed by atoms with E-state index in [1.165, 1.54) is 23.5 Å². The van der Waals surface area contributed by atoms with Crippen LogP contribution in [0.15, 0.2) is 34.1 Å². The van der Waals surface area contributed by atoms with Crippen LogP contribution in [0.25, 0.3) is 0 Å². The predicted molar refractivity (Wildman–Crippen MR) is 73.0 cm³/mol. The molecule has 18 heavy (non-hydrogen) atoms. The van der Waals surface area contributed by atoms with Gasteiger partial charge in [0.05, 0.1) is 12.1 Å². The fourth-order valence-corrected chi connectivity index (χ4v) is 2.85. The van der Waals surface area contributed by atoms with Crippen molar-refractivity contribution >= 4 is 33.2 Å². The number of aromatic hydroxyl groups is 2. The van der Waals surface area contributed by atoms with E-state index in [-0.39, 0.29) is 23.0 Å². The number of phenolic OH excluding ortho intramolecular Hbond substituents is 2. The summed E-state index contributed by atoms with van der Waals surface area (Å²) >= 11 is 4.90. The van der Waals surface area contributed by atoms with E-state index in [1.54, 1.807) is 0 Å². The quantitative estimate of drug-likeness (QED) is 0.811. The van der Waals surface area contributed by atoms with Crippen LogP contribution in [0.3, 0.4) is 0 Å². The first-order chi connectivity index (χ1) is 8.58. The Kier molecular flexibility index (Phi) is 3.88. The van der Waals surface area contributed by atoms with Crippen molar-refractivity contribution < 1.29 is 15.0 Å². The van der Waals surface area contributed by atoms with Crippen molar-refractivity contribution in [3.63, 3.8) is 0 Å². The van der Waals surface area contributed by atoms with Crippen LogP contribution in [0.5, 0.6) is 11.5 Å². The first-order valence-electron chi connectivity index (χ1n) is 5.10. The van der Waals surface area contributed by atoms with Gasteiger partial charge in [0, 0.05) is 15.4 Å². The number of benzene rings is 1. The maximum absolute atomic E-state index is 11.8. The van der Waals surface area contributed by atoms with Gasteiger partial charge in [0.15, 0.2) is 0 Å². The van der Waals surface area contributed by atoms with Crippen LogP contribution in [0, 0.1) is 0 Å². The minimum atomic E-state index is -0.382. The normalized spacial score (nSPS) is 10.3. The summed E-state index contributed by atoms with van der Waals surface area (Å²) in [5.74, 6) is -0.699. The van der Waals surface area contributed by atoms with Crippen molar-refractivity contribution in [3.8, 4) is 11.5 Å². The van der Waals surface area contributed by atoms with Crippen LogP contribution in [-0.4, -0.2) is 16.1 Å². The lowest BCUT2D eigenvalue weighted by Crippen LogP contribution is -2.22. The maximum Gasteiger partial charge on any atom is 0.255 e. The Bertz CT molecular complexity index is 582. The largest absolute Gasteiger partial charge is 0.508 e. The Labute approximate surface area is 116 Å². The molecule has 3 N–H and O–H groups in total. The second-order valence-electron chi connectivity index (χ2n) is 3.58. The number of amides is 1. The van der Waals surface area contributed by atoms with Gasteiger partial charge < -0.3 is 15.5 Å². The van der Waals surface area contributed by atoms with Gasteiger partial charge in [-0.05, 0) is 39.5 Å². The topological polar surface area (TPSA) is 69.6 Å². The molecule has 0 saturated carbocycles. The first-order valence-corrected chi connectivity index (χ1v) is 6.77. The van der Waals surface area contributed by atoms with E-state index >= 15 is 0 Å². The molecule has 0 spiro atoms. The fourth-order valence-electron chi connectivity index (χ4n) is 1.42. The van der Waals surface area contributed by atoms with Crippen molar-refractivity contribution in [2.24, 2.45) is 0 Å². The molecule has 1 heterocycles. The zero-order valence-corrected chi connectivity index (χ0v) is 11.6. The Hall–Kier alpha value is -1.53. The van der Waals surface area contributed by atoms with E-state index in [9.17, 15) is 9.90 Å². The molecule has 1 aromatic heterocycles. The summed E-state index contributed by atoms with van der Waals surface area (Å²) in [4.78, 5) is 12.8. The molecule has 0 saturated heterocycles. The van der Waals surface area contributed by atoms with Crippen molar-refractivity contribution in [1.29, 1.82) is 0 Å². The summed E-state index contributed by atoms with van der Waals surface area (Å²) in [7, 11) is 0. The lowest BCUT2D eigenvalue weighted by atomic mass is 10.2. The minimum Gasteiger partial charge on any atom is -0.508 e. The van der Waals surface area contributed by atoms with E-state index in [0.717, 1.165) is 15.4 Å². The standard InChI is InChI=1S/C12H10BrNO3S/c13-9-3-4-18-11(9)6-14-12(17)8-2-1-7(15)5-10(8)16/h1-5,15-16H,6H2,(H,14,17). The molecule has 0 fully saturated rings. The molecule has 0 aliphatic heterocycles. The van der Waals surface area contributed by atoms with Crippen LogP contribution in [0.4, 0.5) is 0 Å². The van der Waals surface area contributed by atoms with Gasteiger partial charge in [0.25, 0.3) is 5.91 Å². The molecule has 1 aromatic carbocycles. The van der Waals surface area contributed by atoms with Crippen molar-refractivity contribution in [1.82, 2.24) is 5.32 Å². The second-order valence-corrected chi connectivity index (χ2v) is 5.43. The monoisotopic (exact) mass is 327 g/mol. The third-order valence-corrected chi connectivity index (χ3v) is 4.25. The Morgan fingerprint density at radius 3 is 2.72 bits per heavy atom. The molecule has 2 aromatic rings. The lowest BCUT2D eigenvalue weighted by molar-refractivity contribution is 0.0948. The number of carbonyl (C=O) groups excluding carboxylic acids is 1. The molecule has 0 radical (unpaired) electrons. The molecule has 94 valence electrons. The lowest BCUT2D eigenvalue weighted by Gasteiger charge is -2.06. The molecule has 0 atom stereocenters. The molecule has 0 aliphatic rings. The number of halogens is 1. The first kappa shape index (κ1) is 12.9. The highest BCUT2D eigenvalue weighted by Crippen LogP contribution is 2.24. The number of phenols is 2. The fraction of sp³-hybridized carbons (Fsp3) is 0.0833. The highest BCUT2D eigenvalue weighted by atomic mass is 79.9. The summed E-state index contributed by atoms with van der Waals surface area (Å²) in [5.41, 5.74) is 0.139. The van der Waals surface area contributed by atoms with Crippen molar-refractivity contribution in [2.75, 3.05) is 0 Å². The number of hydrogen-bond donors (Lipinski definition) is 3. The molecular formula is C12H10BrNO3S. The predicted octanol–water partition coefficient (Wildman–Crippen LogP) is 2.85. The van der Waals surface area contributed by atoms with E-state index in [2.05, 4.69) is 21.2 Å². The molecule has 0 unspecified atom stereocenters. The van der Waals surface area contributed by atoms with Crippen LogP contribution in [0.2, 0.25) is 0 Å². The summed E-state index contributed by atoms with van der Waals surface area (Å²) in [6.45, 7) is 0.386. The molecular weight excluding hydrogens is 318 g/mol. The maximum atomic E-state index is 11.8. The van der Waals surface area contributed by atoms with E-state index in [4.69, 9.17) is 5.11 Å².